The number of carbonyl (C=O) groups excluding carboxylic acids is 1. The number of esters is 1. The van der Waals surface area contributed by atoms with Gasteiger partial charge in [0.25, 0.3) is 0 Å². The lowest BCUT2D eigenvalue weighted by Crippen LogP contribution is -2.36. The first-order valence-corrected chi connectivity index (χ1v) is 6.46. The van der Waals surface area contributed by atoms with E-state index < -0.39 is 0 Å². The molecule has 1 rings (SSSR count). The molecule has 0 saturated carbocycles. The first-order chi connectivity index (χ1) is 8.26. The zero-order valence-electron chi connectivity index (χ0n) is 10.9. The van der Waals surface area contributed by atoms with Gasteiger partial charge in [-0.1, -0.05) is 6.08 Å². The molecule has 0 radical (unpaired) electrons. The minimum atomic E-state index is -0.238. The highest BCUT2D eigenvalue weighted by molar-refractivity contribution is 5.81. The van der Waals surface area contributed by atoms with E-state index in [1.165, 1.54) is 18.9 Å². The topological polar surface area (TPSA) is 41.6 Å². The summed E-state index contributed by atoms with van der Waals surface area (Å²) in [4.78, 5) is 13.5. The normalized spacial score (nSPS) is 18.7. The molecule has 1 N–H and O–H groups in total. The number of nitrogens with zero attached hydrogens (tertiary/aromatic N) is 1. The fraction of sp³-hybridized carbons (Fsp3) is 0.769. The predicted octanol–water partition coefficient (Wildman–Crippen LogP) is 1.04. The van der Waals surface area contributed by atoms with Crippen molar-refractivity contribution in [2.24, 2.45) is 5.92 Å². The van der Waals surface area contributed by atoms with Crippen molar-refractivity contribution >= 4 is 5.97 Å². The van der Waals surface area contributed by atoms with Crippen molar-refractivity contribution in [1.29, 1.82) is 0 Å². The van der Waals surface area contributed by atoms with E-state index in [9.17, 15) is 4.79 Å². The molecule has 0 aliphatic carbocycles. The summed E-state index contributed by atoms with van der Waals surface area (Å²) in [5.41, 5.74) is 0. The molecule has 1 saturated heterocycles. The van der Waals surface area contributed by atoms with Crippen molar-refractivity contribution < 1.29 is 9.53 Å². The van der Waals surface area contributed by atoms with Crippen LogP contribution in [0.25, 0.3) is 0 Å². The molecule has 0 atom stereocenters. The van der Waals surface area contributed by atoms with Crippen molar-refractivity contribution in [2.45, 2.75) is 19.8 Å². The summed E-state index contributed by atoms with van der Waals surface area (Å²) in [5.74, 6) is 0.572. The van der Waals surface area contributed by atoms with Gasteiger partial charge in [0.15, 0.2) is 0 Å². The van der Waals surface area contributed by atoms with Crippen LogP contribution in [0.2, 0.25) is 0 Å². The SMILES string of the molecule is CCOC(=O)/C=C/CN1CCC(CNC)CC1. The quantitative estimate of drug-likeness (QED) is 0.556. The molecule has 0 spiro atoms. The highest BCUT2D eigenvalue weighted by atomic mass is 16.5. The Kier molecular flexibility index (Phi) is 6.89. The molecule has 0 bridgehead atoms. The third-order valence-corrected chi connectivity index (χ3v) is 3.10. The Labute approximate surface area is 104 Å². The third-order valence-electron chi connectivity index (χ3n) is 3.10. The van der Waals surface area contributed by atoms with Crippen molar-refractivity contribution in [1.82, 2.24) is 10.2 Å². The number of piperidine rings is 1. The van der Waals surface area contributed by atoms with E-state index >= 15 is 0 Å². The van der Waals surface area contributed by atoms with Crippen LogP contribution in [0.4, 0.5) is 0 Å². The summed E-state index contributed by atoms with van der Waals surface area (Å²) in [5, 5.41) is 3.23. The van der Waals surface area contributed by atoms with Gasteiger partial charge in [0, 0.05) is 12.6 Å². The molecular weight excluding hydrogens is 216 g/mol. The van der Waals surface area contributed by atoms with Crippen LogP contribution in [0.3, 0.4) is 0 Å². The number of nitrogens with one attached hydrogen (secondary N) is 1. The molecular formula is C13H24N2O2. The van der Waals surface area contributed by atoms with Crippen molar-refractivity contribution in [3.05, 3.63) is 12.2 Å². The molecule has 1 heterocycles. The fourth-order valence-corrected chi connectivity index (χ4v) is 2.15. The Morgan fingerprint density at radius 3 is 2.76 bits per heavy atom. The van der Waals surface area contributed by atoms with Gasteiger partial charge in [-0.3, -0.25) is 4.90 Å². The Morgan fingerprint density at radius 1 is 1.47 bits per heavy atom. The van der Waals surface area contributed by atoms with Gasteiger partial charge in [-0.15, -0.1) is 0 Å². The van der Waals surface area contributed by atoms with Crippen molar-refractivity contribution in [2.75, 3.05) is 39.8 Å². The zero-order valence-corrected chi connectivity index (χ0v) is 10.9. The highest BCUT2D eigenvalue weighted by Crippen LogP contribution is 2.15. The summed E-state index contributed by atoms with van der Waals surface area (Å²) in [6, 6.07) is 0. The second-order valence-corrected chi connectivity index (χ2v) is 4.46. The van der Waals surface area contributed by atoms with Crippen LogP contribution in [0, 0.1) is 5.92 Å². The lowest BCUT2D eigenvalue weighted by atomic mass is 9.97. The second kappa shape index (κ2) is 8.25. The number of hydrogen-bond acceptors (Lipinski definition) is 4. The number of rotatable bonds is 6. The van der Waals surface area contributed by atoms with E-state index in [0.717, 1.165) is 32.1 Å². The van der Waals surface area contributed by atoms with Gasteiger partial charge in [0.1, 0.15) is 0 Å². The molecule has 0 aromatic carbocycles. The Morgan fingerprint density at radius 2 is 2.18 bits per heavy atom. The maximum Gasteiger partial charge on any atom is 0.330 e. The highest BCUT2D eigenvalue weighted by Gasteiger charge is 2.17. The van der Waals surface area contributed by atoms with Crippen LogP contribution in [0.15, 0.2) is 12.2 Å². The molecule has 1 fully saturated rings. The summed E-state index contributed by atoms with van der Waals surface area (Å²) in [6.07, 6.45) is 5.92. The lowest BCUT2D eigenvalue weighted by molar-refractivity contribution is -0.137. The van der Waals surface area contributed by atoms with E-state index in [1.807, 2.05) is 20.0 Å². The molecule has 4 nitrogen and oxygen atoms in total. The van der Waals surface area contributed by atoms with Gasteiger partial charge in [-0.05, 0) is 52.4 Å². The molecule has 0 amide bonds. The summed E-state index contributed by atoms with van der Waals surface area (Å²) >= 11 is 0. The van der Waals surface area contributed by atoms with Gasteiger partial charge in [-0.25, -0.2) is 4.79 Å². The summed E-state index contributed by atoms with van der Waals surface area (Å²) in [6.45, 7) is 6.48. The molecule has 17 heavy (non-hydrogen) atoms. The van der Waals surface area contributed by atoms with Crippen molar-refractivity contribution in [3.63, 3.8) is 0 Å². The van der Waals surface area contributed by atoms with Gasteiger partial charge in [0.2, 0.25) is 0 Å². The minimum Gasteiger partial charge on any atom is -0.463 e. The maximum atomic E-state index is 11.1. The second-order valence-electron chi connectivity index (χ2n) is 4.46. The van der Waals surface area contributed by atoms with E-state index in [-0.39, 0.29) is 5.97 Å². The zero-order chi connectivity index (χ0) is 12.5. The average molecular weight is 240 g/mol. The van der Waals surface area contributed by atoms with Crippen LogP contribution in [0.5, 0.6) is 0 Å². The third kappa shape index (κ3) is 5.84. The van der Waals surface area contributed by atoms with Gasteiger partial charge in [0.05, 0.1) is 6.61 Å². The van der Waals surface area contributed by atoms with Gasteiger partial charge >= 0.3 is 5.97 Å². The smallest absolute Gasteiger partial charge is 0.330 e. The number of carbonyl (C=O) groups is 1. The van der Waals surface area contributed by atoms with E-state index in [0.29, 0.717) is 6.61 Å². The van der Waals surface area contributed by atoms with E-state index in [2.05, 4.69) is 10.2 Å². The van der Waals surface area contributed by atoms with Crippen molar-refractivity contribution in [3.8, 4) is 0 Å². The molecule has 0 unspecified atom stereocenters. The predicted molar refractivity (Wildman–Crippen MR) is 68.9 cm³/mol. The molecule has 0 aromatic heterocycles. The monoisotopic (exact) mass is 240 g/mol. The average Bonchev–Trinajstić information content (AvgIpc) is 2.32. The van der Waals surface area contributed by atoms with Crippen LogP contribution >= 0.6 is 0 Å². The molecule has 4 heteroatoms. The number of likely N-dealkylation sites (tertiary alicyclic amines) is 1. The van der Waals surface area contributed by atoms with E-state index in [1.54, 1.807) is 0 Å². The van der Waals surface area contributed by atoms with Gasteiger partial charge in [-0.2, -0.15) is 0 Å². The Bertz CT molecular complexity index is 246. The number of hydrogen-bond donors (Lipinski definition) is 1. The standard InChI is InChI=1S/C13H24N2O2/c1-3-17-13(16)5-4-8-15-9-6-12(7-10-15)11-14-2/h4-5,12,14H,3,6-11H2,1-2H3/b5-4+. The van der Waals surface area contributed by atoms with Crippen LogP contribution in [0.1, 0.15) is 19.8 Å². The maximum absolute atomic E-state index is 11.1. The molecule has 1 aliphatic rings. The van der Waals surface area contributed by atoms with Crippen LogP contribution in [-0.2, 0) is 9.53 Å². The van der Waals surface area contributed by atoms with E-state index in [4.69, 9.17) is 4.74 Å². The minimum absolute atomic E-state index is 0.238. The Balaban J connectivity index is 2.15. The first kappa shape index (κ1) is 14.2. The first-order valence-electron chi connectivity index (χ1n) is 6.46. The lowest BCUT2D eigenvalue weighted by Gasteiger charge is -2.30. The summed E-state index contributed by atoms with van der Waals surface area (Å²) in [7, 11) is 2.01. The summed E-state index contributed by atoms with van der Waals surface area (Å²) < 4.78 is 4.83. The van der Waals surface area contributed by atoms with Crippen LogP contribution < -0.4 is 5.32 Å². The number of ether oxygens (including phenoxy) is 1. The van der Waals surface area contributed by atoms with Crippen LogP contribution in [-0.4, -0.2) is 50.7 Å². The fourth-order valence-electron chi connectivity index (χ4n) is 2.15. The largest absolute Gasteiger partial charge is 0.463 e. The Hall–Kier alpha value is -0.870. The molecule has 98 valence electrons. The molecule has 0 aromatic rings. The van der Waals surface area contributed by atoms with Gasteiger partial charge < -0.3 is 10.1 Å². The molecule has 1 aliphatic heterocycles.